The Bertz CT molecular complexity index is 1330. The minimum atomic E-state index is -0.436. The second-order valence-corrected chi connectivity index (χ2v) is 11.6. The maximum Gasteiger partial charge on any atom is 0.342 e. The summed E-state index contributed by atoms with van der Waals surface area (Å²) in [5.41, 5.74) is 4.43. The smallest absolute Gasteiger partial charge is 0.342 e. The molecule has 1 aromatic heterocycles. The molecule has 3 heterocycles. The number of aromatic nitrogens is 1. The second kappa shape index (κ2) is 9.79. The standard InChI is InChI=1S/C29H33N3O3S/c1-19(2)35-28(34)23-16-32(17-29(3,4)25-22-10-5-6-11-24(22)30-26(23)25)27(33)21-9-7-8-20(14-21)15-31-12-13-36-18-31/h5-11,14,16,19,30H,12-13,15,17-18H2,1-4H3. The molecule has 0 spiro atoms. The molecule has 2 aromatic carbocycles. The normalized spacial score (nSPS) is 17.7. The van der Waals surface area contributed by atoms with E-state index in [0.29, 0.717) is 17.7 Å². The van der Waals surface area contributed by atoms with Crippen LogP contribution in [0, 0.1) is 0 Å². The number of hydrogen-bond acceptors (Lipinski definition) is 5. The molecule has 6 nitrogen and oxygen atoms in total. The van der Waals surface area contributed by atoms with Gasteiger partial charge >= 0.3 is 5.97 Å². The Balaban J connectivity index is 1.55. The fourth-order valence-corrected chi connectivity index (χ4v) is 6.18. The number of para-hydroxylation sites is 1. The minimum Gasteiger partial charge on any atom is -0.459 e. The second-order valence-electron chi connectivity index (χ2n) is 10.5. The third kappa shape index (κ3) is 4.82. The van der Waals surface area contributed by atoms with Gasteiger partial charge in [0, 0.05) is 59.3 Å². The van der Waals surface area contributed by atoms with E-state index in [0.717, 1.165) is 52.4 Å². The van der Waals surface area contributed by atoms with Crippen LogP contribution in [0.25, 0.3) is 16.5 Å². The van der Waals surface area contributed by atoms with Crippen molar-refractivity contribution in [2.45, 2.75) is 45.8 Å². The Kier molecular flexibility index (Phi) is 6.70. The molecule has 0 bridgehead atoms. The monoisotopic (exact) mass is 503 g/mol. The van der Waals surface area contributed by atoms with Crippen LogP contribution >= 0.6 is 11.8 Å². The number of amides is 1. The van der Waals surface area contributed by atoms with Gasteiger partial charge in [0.2, 0.25) is 0 Å². The topological polar surface area (TPSA) is 65.6 Å². The molecule has 0 saturated carbocycles. The number of nitrogens with one attached hydrogen (secondary N) is 1. The SMILES string of the molecule is CC(C)OC(=O)C1=CN(C(=O)c2cccc(CN3CCSC3)c2)CC(C)(C)c2c1[nH]c1ccccc21. The summed E-state index contributed by atoms with van der Waals surface area (Å²) in [4.78, 5) is 34.7. The quantitative estimate of drug-likeness (QED) is 0.472. The molecule has 5 rings (SSSR count). The highest BCUT2D eigenvalue weighted by atomic mass is 32.2. The first-order valence-corrected chi connectivity index (χ1v) is 13.6. The van der Waals surface area contributed by atoms with Crippen LogP contribution < -0.4 is 0 Å². The van der Waals surface area contributed by atoms with Gasteiger partial charge < -0.3 is 14.6 Å². The van der Waals surface area contributed by atoms with Gasteiger partial charge in [0.25, 0.3) is 5.91 Å². The zero-order valence-corrected chi connectivity index (χ0v) is 22.2. The molecular weight excluding hydrogens is 470 g/mol. The highest BCUT2D eigenvalue weighted by Crippen LogP contribution is 2.40. The van der Waals surface area contributed by atoms with E-state index in [1.54, 1.807) is 11.1 Å². The number of nitrogens with zero attached hydrogens (tertiary/aromatic N) is 2. The van der Waals surface area contributed by atoms with Gasteiger partial charge in [-0.05, 0) is 43.2 Å². The minimum absolute atomic E-state index is 0.120. The van der Waals surface area contributed by atoms with E-state index in [4.69, 9.17) is 4.74 Å². The number of carbonyl (C=O) groups is 2. The van der Waals surface area contributed by atoms with E-state index < -0.39 is 11.4 Å². The van der Waals surface area contributed by atoms with E-state index in [1.807, 2.05) is 62.0 Å². The number of hydrogen-bond donors (Lipinski definition) is 1. The van der Waals surface area contributed by atoms with Crippen molar-refractivity contribution < 1.29 is 14.3 Å². The molecule has 2 aliphatic rings. The molecule has 1 N–H and O–H groups in total. The molecule has 0 unspecified atom stereocenters. The fourth-order valence-electron chi connectivity index (χ4n) is 5.18. The third-order valence-corrected chi connectivity index (χ3v) is 7.75. The van der Waals surface area contributed by atoms with Gasteiger partial charge in [-0.25, -0.2) is 4.79 Å². The lowest BCUT2D eigenvalue weighted by Gasteiger charge is -2.30. The maximum absolute atomic E-state index is 13.9. The summed E-state index contributed by atoms with van der Waals surface area (Å²) in [6.07, 6.45) is 1.41. The first-order chi connectivity index (χ1) is 17.2. The predicted molar refractivity (Wildman–Crippen MR) is 146 cm³/mol. The van der Waals surface area contributed by atoms with Gasteiger partial charge in [-0.3, -0.25) is 9.69 Å². The van der Waals surface area contributed by atoms with Crippen molar-refractivity contribution in [2.75, 3.05) is 24.7 Å². The summed E-state index contributed by atoms with van der Waals surface area (Å²) in [5, 5.41) is 1.06. The van der Waals surface area contributed by atoms with Crippen molar-refractivity contribution in [3.05, 3.63) is 77.1 Å². The number of fused-ring (bicyclic) bond motifs is 3. The summed E-state index contributed by atoms with van der Waals surface area (Å²) in [6.45, 7) is 10.2. The van der Waals surface area contributed by atoms with E-state index in [1.165, 1.54) is 0 Å². The van der Waals surface area contributed by atoms with Crippen LogP contribution in [-0.2, 0) is 21.5 Å². The summed E-state index contributed by atoms with van der Waals surface area (Å²) < 4.78 is 5.62. The van der Waals surface area contributed by atoms with Crippen molar-refractivity contribution in [3.63, 3.8) is 0 Å². The molecule has 0 radical (unpaired) electrons. The zero-order chi connectivity index (χ0) is 25.4. The molecule has 1 saturated heterocycles. The average Bonchev–Trinajstić information content (AvgIpc) is 3.46. The lowest BCUT2D eigenvalue weighted by atomic mass is 9.81. The number of carbonyl (C=O) groups excluding carboxylic acids is 2. The Labute approximate surface area is 216 Å². The number of esters is 1. The lowest BCUT2D eigenvalue weighted by molar-refractivity contribution is -0.140. The fraction of sp³-hybridized carbons (Fsp3) is 0.379. The Morgan fingerprint density at radius 2 is 1.94 bits per heavy atom. The van der Waals surface area contributed by atoms with Crippen molar-refractivity contribution in [1.82, 2.24) is 14.8 Å². The van der Waals surface area contributed by atoms with Gasteiger partial charge in [0.15, 0.2) is 0 Å². The van der Waals surface area contributed by atoms with Gasteiger partial charge in [0.05, 0.1) is 17.4 Å². The van der Waals surface area contributed by atoms with Gasteiger partial charge in [-0.1, -0.05) is 44.2 Å². The number of aromatic amines is 1. The van der Waals surface area contributed by atoms with Crippen LogP contribution in [0.4, 0.5) is 0 Å². The highest BCUT2D eigenvalue weighted by Gasteiger charge is 2.37. The number of benzene rings is 2. The summed E-state index contributed by atoms with van der Waals surface area (Å²) in [6, 6.07) is 15.9. The van der Waals surface area contributed by atoms with Gasteiger partial charge in [-0.15, -0.1) is 11.8 Å². The Hall–Kier alpha value is -3.03. The predicted octanol–water partition coefficient (Wildman–Crippen LogP) is 5.40. The van der Waals surface area contributed by atoms with Crippen LogP contribution in [0.5, 0.6) is 0 Å². The largest absolute Gasteiger partial charge is 0.459 e. The van der Waals surface area contributed by atoms with Crippen LogP contribution in [0.15, 0.2) is 54.7 Å². The van der Waals surface area contributed by atoms with Crippen molar-refractivity contribution >= 4 is 40.1 Å². The maximum atomic E-state index is 13.9. The Morgan fingerprint density at radius 1 is 1.14 bits per heavy atom. The molecular formula is C29H33N3O3S. The molecule has 0 atom stereocenters. The third-order valence-electron chi connectivity index (χ3n) is 6.73. The molecule has 2 aliphatic heterocycles. The van der Waals surface area contributed by atoms with Crippen molar-refractivity contribution in [3.8, 4) is 0 Å². The zero-order valence-electron chi connectivity index (χ0n) is 21.3. The van der Waals surface area contributed by atoms with Gasteiger partial charge in [0.1, 0.15) is 0 Å². The molecule has 7 heteroatoms. The van der Waals surface area contributed by atoms with Crippen LogP contribution in [0.3, 0.4) is 0 Å². The van der Waals surface area contributed by atoms with Crippen LogP contribution in [0.1, 0.15) is 54.9 Å². The molecule has 3 aromatic rings. The first-order valence-electron chi connectivity index (χ1n) is 12.5. The number of rotatable bonds is 5. The molecule has 1 amide bonds. The number of H-pyrrole nitrogens is 1. The highest BCUT2D eigenvalue weighted by molar-refractivity contribution is 7.99. The molecule has 0 aliphatic carbocycles. The molecule has 188 valence electrons. The van der Waals surface area contributed by atoms with Crippen LogP contribution in [-0.4, -0.2) is 57.5 Å². The lowest BCUT2D eigenvalue weighted by Crippen LogP contribution is -2.37. The molecule has 1 fully saturated rings. The Morgan fingerprint density at radius 3 is 2.69 bits per heavy atom. The van der Waals surface area contributed by atoms with Crippen molar-refractivity contribution in [2.24, 2.45) is 0 Å². The number of thioether (sulfide) groups is 1. The molecule has 36 heavy (non-hydrogen) atoms. The van der Waals surface area contributed by atoms with Crippen LogP contribution in [0.2, 0.25) is 0 Å². The summed E-state index contributed by atoms with van der Waals surface area (Å²) in [5.74, 6) is 1.61. The first kappa shape index (κ1) is 24.7. The summed E-state index contributed by atoms with van der Waals surface area (Å²) in [7, 11) is 0. The number of ether oxygens (including phenoxy) is 1. The van der Waals surface area contributed by atoms with E-state index in [2.05, 4.69) is 35.9 Å². The van der Waals surface area contributed by atoms with E-state index >= 15 is 0 Å². The summed E-state index contributed by atoms with van der Waals surface area (Å²) >= 11 is 1.94. The van der Waals surface area contributed by atoms with E-state index in [9.17, 15) is 9.59 Å². The average molecular weight is 504 g/mol. The van der Waals surface area contributed by atoms with Gasteiger partial charge in [-0.2, -0.15) is 0 Å². The van der Waals surface area contributed by atoms with E-state index in [-0.39, 0.29) is 12.0 Å². The van der Waals surface area contributed by atoms with Crippen molar-refractivity contribution in [1.29, 1.82) is 0 Å².